The fourth-order valence-electron chi connectivity index (χ4n) is 3.63. The minimum Gasteiger partial charge on any atom is -0.335 e. The summed E-state index contributed by atoms with van der Waals surface area (Å²) in [6.45, 7) is 0.949. The van der Waals surface area contributed by atoms with Crippen molar-refractivity contribution in [1.29, 1.82) is 0 Å². The summed E-state index contributed by atoms with van der Waals surface area (Å²) in [5.74, 6) is 0.994. The fourth-order valence-corrected chi connectivity index (χ4v) is 5.13. The molecule has 4 heteroatoms. The Bertz CT molecular complexity index is 453. The highest BCUT2D eigenvalue weighted by Gasteiger charge is 2.36. The van der Waals surface area contributed by atoms with Gasteiger partial charge in [-0.2, -0.15) is 0 Å². The lowest BCUT2D eigenvalue weighted by molar-refractivity contribution is 0.0665. The van der Waals surface area contributed by atoms with Crippen LogP contribution in [0.5, 0.6) is 0 Å². The van der Waals surface area contributed by atoms with Crippen LogP contribution in [0.4, 0.5) is 0 Å². The van der Waals surface area contributed by atoms with Gasteiger partial charge in [-0.1, -0.05) is 19.3 Å². The molecule has 104 valence electrons. The summed E-state index contributed by atoms with van der Waals surface area (Å²) in [4.78, 5) is 15.7. The highest BCUT2D eigenvalue weighted by Crippen LogP contribution is 2.36. The van der Waals surface area contributed by atoms with Crippen molar-refractivity contribution in [2.45, 2.75) is 51.0 Å². The second-order valence-electron chi connectivity index (χ2n) is 5.70. The molecule has 1 amide bonds. The Kier molecular flexibility index (Phi) is 4.27. The maximum Gasteiger partial charge on any atom is 0.265 e. The molecular formula is C15H20BrNOS. The molecule has 0 N–H and O–H groups in total. The van der Waals surface area contributed by atoms with E-state index in [1.165, 1.54) is 44.9 Å². The predicted molar refractivity (Wildman–Crippen MR) is 82.7 cm³/mol. The third-order valence-electron chi connectivity index (χ3n) is 4.57. The number of amides is 1. The Balaban J connectivity index is 1.75. The standard InChI is InChI=1S/C15H20BrNOS/c16-12-8-10-19-14(12)15(18)17-9-4-7-13(17)11-5-2-1-3-6-11/h8,10-11,13H,1-7,9H2. The van der Waals surface area contributed by atoms with E-state index in [2.05, 4.69) is 20.8 Å². The average molecular weight is 342 g/mol. The predicted octanol–water partition coefficient (Wildman–Crippen LogP) is 4.70. The van der Waals surface area contributed by atoms with E-state index in [0.29, 0.717) is 6.04 Å². The van der Waals surface area contributed by atoms with Crippen LogP contribution in [0.25, 0.3) is 0 Å². The van der Waals surface area contributed by atoms with Crippen LogP contribution in [0.15, 0.2) is 15.9 Å². The fraction of sp³-hybridized carbons (Fsp3) is 0.667. The van der Waals surface area contributed by atoms with E-state index in [4.69, 9.17) is 0 Å². The number of nitrogens with zero attached hydrogens (tertiary/aromatic N) is 1. The molecule has 1 aromatic heterocycles. The zero-order valence-corrected chi connectivity index (χ0v) is 13.5. The third kappa shape index (κ3) is 2.75. The Morgan fingerprint density at radius 2 is 2.00 bits per heavy atom. The molecule has 1 aliphatic heterocycles. The summed E-state index contributed by atoms with van der Waals surface area (Å²) in [5.41, 5.74) is 0. The first-order valence-electron chi connectivity index (χ1n) is 7.31. The number of carbonyl (C=O) groups is 1. The summed E-state index contributed by atoms with van der Waals surface area (Å²) in [6.07, 6.45) is 9.11. The number of thiophene rings is 1. The van der Waals surface area contributed by atoms with Gasteiger partial charge in [0.15, 0.2) is 0 Å². The van der Waals surface area contributed by atoms with Gasteiger partial charge in [0.05, 0.1) is 0 Å². The number of halogens is 1. The molecule has 1 aliphatic carbocycles. The molecule has 1 saturated heterocycles. The first kappa shape index (κ1) is 13.6. The van der Waals surface area contributed by atoms with E-state index in [1.807, 2.05) is 11.4 Å². The van der Waals surface area contributed by atoms with Crippen LogP contribution in [0.1, 0.15) is 54.6 Å². The monoisotopic (exact) mass is 341 g/mol. The van der Waals surface area contributed by atoms with Gasteiger partial charge >= 0.3 is 0 Å². The minimum absolute atomic E-state index is 0.245. The molecule has 1 atom stereocenters. The molecule has 2 fully saturated rings. The summed E-state index contributed by atoms with van der Waals surface area (Å²) in [7, 11) is 0. The molecular weight excluding hydrogens is 322 g/mol. The number of hydrogen-bond acceptors (Lipinski definition) is 2. The maximum atomic E-state index is 12.7. The van der Waals surface area contributed by atoms with Gasteiger partial charge in [0.1, 0.15) is 4.88 Å². The Morgan fingerprint density at radius 3 is 2.68 bits per heavy atom. The first-order chi connectivity index (χ1) is 9.27. The molecule has 1 unspecified atom stereocenters. The highest BCUT2D eigenvalue weighted by atomic mass is 79.9. The Labute approximate surface area is 127 Å². The lowest BCUT2D eigenvalue weighted by Crippen LogP contribution is -2.40. The van der Waals surface area contributed by atoms with Crippen LogP contribution in [-0.4, -0.2) is 23.4 Å². The minimum atomic E-state index is 0.245. The smallest absolute Gasteiger partial charge is 0.265 e. The number of likely N-dealkylation sites (tertiary alicyclic amines) is 1. The number of hydrogen-bond donors (Lipinski definition) is 0. The lowest BCUT2D eigenvalue weighted by atomic mass is 9.83. The van der Waals surface area contributed by atoms with Crippen molar-refractivity contribution >= 4 is 33.2 Å². The largest absolute Gasteiger partial charge is 0.335 e. The van der Waals surface area contributed by atoms with Crippen LogP contribution < -0.4 is 0 Å². The van der Waals surface area contributed by atoms with Gasteiger partial charge in [0.2, 0.25) is 0 Å². The van der Waals surface area contributed by atoms with Gasteiger partial charge in [0.25, 0.3) is 5.91 Å². The zero-order chi connectivity index (χ0) is 13.2. The Hall–Kier alpha value is -0.350. The molecule has 0 radical (unpaired) electrons. The maximum absolute atomic E-state index is 12.7. The van der Waals surface area contributed by atoms with E-state index < -0.39 is 0 Å². The van der Waals surface area contributed by atoms with Gasteiger partial charge in [-0.3, -0.25) is 4.79 Å². The second-order valence-corrected chi connectivity index (χ2v) is 7.47. The van der Waals surface area contributed by atoms with Gasteiger partial charge in [-0.05, 0) is 59.0 Å². The highest BCUT2D eigenvalue weighted by molar-refractivity contribution is 9.10. The summed E-state index contributed by atoms with van der Waals surface area (Å²) in [5, 5.41) is 1.99. The lowest BCUT2D eigenvalue weighted by Gasteiger charge is -2.34. The zero-order valence-electron chi connectivity index (χ0n) is 11.1. The molecule has 3 rings (SSSR count). The van der Waals surface area contributed by atoms with E-state index in [0.717, 1.165) is 21.8 Å². The molecule has 2 nitrogen and oxygen atoms in total. The quantitative estimate of drug-likeness (QED) is 0.763. The van der Waals surface area contributed by atoms with Gasteiger partial charge in [-0.15, -0.1) is 11.3 Å². The molecule has 1 saturated carbocycles. The second kappa shape index (κ2) is 5.96. The van der Waals surface area contributed by atoms with Crippen molar-refractivity contribution in [3.63, 3.8) is 0 Å². The van der Waals surface area contributed by atoms with Crippen LogP contribution >= 0.6 is 27.3 Å². The molecule has 2 heterocycles. The summed E-state index contributed by atoms with van der Waals surface area (Å²) >= 11 is 5.05. The first-order valence-corrected chi connectivity index (χ1v) is 8.98. The molecule has 0 bridgehead atoms. The SMILES string of the molecule is O=C(c1sccc1Br)N1CCCC1C1CCCCC1. The van der Waals surface area contributed by atoms with Gasteiger partial charge in [0, 0.05) is 17.1 Å². The van der Waals surface area contributed by atoms with Crippen molar-refractivity contribution < 1.29 is 4.79 Å². The number of carbonyl (C=O) groups excluding carboxylic acids is 1. The molecule has 1 aromatic rings. The topological polar surface area (TPSA) is 20.3 Å². The summed E-state index contributed by atoms with van der Waals surface area (Å²) < 4.78 is 0.955. The molecule has 19 heavy (non-hydrogen) atoms. The van der Waals surface area contributed by atoms with Gasteiger partial charge in [-0.25, -0.2) is 0 Å². The van der Waals surface area contributed by atoms with Crippen molar-refractivity contribution in [3.8, 4) is 0 Å². The Morgan fingerprint density at radius 1 is 1.21 bits per heavy atom. The molecule has 0 spiro atoms. The van der Waals surface area contributed by atoms with E-state index in [1.54, 1.807) is 11.3 Å². The molecule has 0 aromatic carbocycles. The normalized spacial score (nSPS) is 24.9. The van der Waals surface area contributed by atoms with Crippen molar-refractivity contribution in [2.24, 2.45) is 5.92 Å². The average Bonchev–Trinajstić information content (AvgIpc) is 3.07. The third-order valence-corrected chi connectivity index (χ3v) is 6.39. The van der Waals surface area contributed by atoms with Crippen molar-refractivity contribution in [3.05, 3.63) is 20.8 Å². The van der Waals surface area contributed by atoms with E-state index >= 15 is 0 Å². The van der Waals surface area contributed by atoms with E-state index in [-0.39, 0.29) is 5.91 Å². The van der Waals surface area contributed by atoms with Crippen LogP contribution in [0.3, 0.4) is 0 Å². The van der Waals surface area contributed by atoms with Crippen LogP contribution in [0, 0.1) is 5.92 Å². The molecule has 2 aliphatic rings. The summed E-state index contributed by atoms with van der Waals surface area (Å²) in [6, 6.07) is 2.48. The van der Waals surface area contributed by atoms with Gasteiger partial charge < -0.3 is 4.90 Å². The van der Waals surface area contributed by atoms with Crippen molar-refractivity contribution in [1.82, 2.24) is 4.90 Å². The van der Waals surface area contributed by atoms with E-state index in [9.17, 15) is 4.79 Å². The van der Waals surface area contributed by atoms with Crippen molar-refractivity contribution in [2.75, 3.05) is 6.54 Å². The van der Waals surface area contributed by atoms with Crippen LogP contribution in [0.2, 0.25) is 0 Å². The van der Waals surface area contributed by atoms with Crippen LogP contribution in [-0.2, 0) is 0 Å². The number of rotatable bonds is 2.